The van der Waals surface area contributed by atoms with Crippen LogP contribution < -0.4 is 5.32 Å². The van der Waals surface area contributed by atoms with Gasteiger partial charge in [-0.1, -0.05) is 31.2 Å². The first-order chi connectivity index (χ1) is 13.8. The van der Waals surface area contributed by atoms with Gasteiger partial charge in [-0.15, -0.1) is 24.0 Å². The van der Waals surface area contributed by atoms with Crippen molar-refractivity contribution in [2.24, 2.45) is 10.9 Å². The Morgan fingerprint density at radius 1 is 1.24 bits per heavy atom. The normalized spacial score (nSPS) is 19.8. The molecule has 1 aliphatic rings. The monoisotopic (exact) mass is 504 g/mol. The summed E-state index contributed by atoms with van der Waals surface area (Å²) in [6.07, 6.45) is 8.86. The molecule has 0 bridgehead atoms. The van der Waals surface area contributed by atoms with Gasteiger partial charge in [0.05, 0.1) is 24.6 Å². The zero-order valence-corrected chi connectivity index (χ0v) is 19.4. The van der Waals surface area contributed by atoms with Crippen molar-refractivity contribution in [1.82, 2.24) is 24.8 Å². The summed E-state index contributed by atoms with van der Waals surface area (Å²) < 4.78 is 2.23. The van der Waals surface area contributed by atoms with Crippen LogP contribution in [0, 0.1) is 5.92 Å². The van der Waals surface area contributed by atoms with E-state index in [1.54, 1.807) is 0 Å². The number of guanidine groups is 1. The molecule has 6 nitrogen and oxygen atoms in total. The van der Waals surface area contributed by atoms with E-state index in [1.807, 2.05) is 18.7 Å². The van der Waals surface area contributed by atoms with Gasteiger partial charge in [0.1, 0.15) is 0 Å². The fourth-order valence-electron chi connectivity index (χ4n) is 3.98. The van der Waals surface area contributed by atoms with Gasteiger partial charge in [-0.05, 0) is 30.7 Å². The van der Waals surface area contributed by atoms with E-state index in [-0.39, 0.29) is 24.0 Å². The Balaban J connectivity index is 0.00000240. The standard InChI is InChI=1S/C22H28N6.HI/c1-3-24-22(26-14-20-19-7-5-4-6-18(19)8-10-25-20)27-12-9-17(2)21(15-27)28-13-11-23-16-28;/h4-8,10-11,13,16-17,21H,3,9,12,14-15H2,1-2H3,(H,24,26);1H. The quantitative estimate of drug-likeness (QED) is 0.330. The van der Waals surface area contributed by atoms with Gasteiger partial charge in [0.15, 0.2) is 5.96 Å². The molecule has 2 unspecified atom stereocenters. The van der Waals surface area contributed by atoms with Crippen LogP contribution >= 0.6 is 24.0 Å². The van der Waals surface area contributed by atoms with E-state index in [0.29, 0.717) is 18.5 Å². The lowest BCUT2D eigenvalue weighted by atomic mass is 9.93. The summed E-state index contributed by atoms with van der Waals surface area (Å²) in [5.41, 5.74) is 1.02. The lowest BCUT2D eigenvalue weighted by Gasteiger charge is -2.39. The molecule has 0 amide bonds. The number of nitrogens with one attached hydrogen (secondary N) is 1. The van der Waals surface area contributed by atoms with Crippen LogP contribution in [-0.2, 0) is 6.54 Å². The van der Waals surface area contributed by atoms with Crippen molar-refractivity contribution in [2.45, 2.75) is 32.9 Å². The van der Waals surface area contributed by atoms with Crippen LogP contribution in [0.1, 0.15) is 32.0 Å². The first kappa shape index (κ1) is 21.5. The fourth-order valence-corrected chi connectivity index (χ4v) is 3.98. The predicted molar refractivity (Wildman–Crippen MR) is 129 cm³/mol. The van der Waals surface area contributed by atoms with Gasteiger partial charge in [-0.2, -0.15) is 0 Å². The van der Waals surface area contributed by atoms with Crippen molar-refractivity contribution in [3.63, 3.8) is 0 Å². The number of piperidine rings is 1. The zero-order chi connectivity index (χ0) is 19.3. The highest BCUT2D eigenvalue weighted by Gasteiger charge is 2.28. The van der Waals surface area contributed by atoms with Crippen molar-refractivity contribution in [2.75, 3.05) is 19.6 Å². The maximum atomic E-state index is 4.94. The highest BCUT2D eigenvalue weighted by Crippen LogP contribution is 2.27. The minimum Gasteiger partial charge on any atom is -0.357 e. The number of pyridine rings is 1. The lowest BCUT2D eigenvalue weighted by Crippen LogP contribution is -2.49. The molecule has 2 aromatic heterocycles. The number of halogens is 1. The van der Waals surface area contributed by atoms with Gasteiger partial charge in [-0.25, -0.2) is 9.98 Å². The van der Waals surface area contributed by atoms with Crippen molar-refractivity contribution in [3.05, 3.63) is 60.9 Å². The zero-order valence-electron chi connectivity index (χ0n) is 17.0. The molecule has 29 heavy (non-hydrogen) atoms. The molecule has 3 heterocycles. The Labute approximate surface area is 189 Å². The maximum absolute atomic E-state index is 4.94. The second kappa shape index (κ2) is 10.0. The molecule has 0 aliphatic carbocycles. The summed E-state index contributed by atoms with van der Waals surface area (Å²) >= 11 is 0. The molecule has 0 spiro atoms. The van der Waals surface area contributed by atoms with Gasteiger partial charge in [0.25, 0.3) is 0 Å². The highest BCUT2D eigenvalue weighted by atomic mass is 127. The number of rotatable bonds is 4. The van der Waals surface area contributed by atoms with Crippen LogP contribution in [-0.4, -0.2) is 45.0 Å². The second-order valence-electron chi connectivity index (χ2n) is 7.44. The number of fused-ring (bicyclic) bond motifs is 1. The summed E-state index contributed by atoms with van der Waals surface area (Å²) in [5.74, 6) is 1.59. The average Bonchev–Trinajstić information content (AvgIpc) is 3.26. The molecule has 154 valence electrons. The predicted octanol–water partition coefficient (Wildman–Crippen LogP) is 4.10. The Morgan fingerprint density at radius 2 is 2.10 bits per heavy atom. The van der Waals surface area contributed by atoms with Crippen molar-refractivity contribution < 1.29 is 0 Å². The third-order valence-electron chi connectivity index (χ3n) is 5.60. The summed E-state index contributed by atoms with van der Waals surface area (Å²) in [5, 5.41) is 5.86. The minimum absolute atomic E-state index is 0. The van der Waals surface area contributed by atoms with Gasteiger partial charge in [0.2, 0.25) is 0 Å². The Morgan fingerprint density at radius 3 is 2.90 bits per heavy atom. The molecule has 7 heteroatoms. The first-order valence-corrected chi connectivity index (χ1v) is 10.1. The molecule has 1 aromatic carbocycles. The van der Waals surface area contributed by atoms with E-state index < -0.39 is 0 Å². The number of aromatic nitrogens is 3. The van der Waals surface area contributed by atoms with E-state index in [1.165, 1.54) is 10.8 Å². The SMILES string of the molecule is CCNC(=NCc1nccc2ccccc12)N1CCC(C)C(n2ccnc2)C1.I. The Hall–Kier alpha value is -2.16. The van der Waals surface area contributed by atoms with Crippen molar-refractivity contribution >= 4 is 40.7 Å². The molecular weight excluding hydrogens is 475 g/mol. The third kappa shape index (κ3) is 4.88. The van der Waals surface area contributed by atoms with Crippen LogP contribution in [0.2, 0.25) is 0 Å². The average molecular weight is 504 g/mol. The molecule has 1 saturated heterocycles. The molecule has 2 atom stereocenters. The van der Waals surface area contributed by atoms with Crippen molar-refractivity contribution in [3.8, 4) is 0 Å². The van der Waals surface area contributed by atoms with E-state index >= 15 is 0 Å². The second-order valence-corrected chi connectivity index (χ2v) is 7.44. The lowest BCUT2D eigenvalue weighted by molar-refractivity contribution is 0.189. The molecule has 0 saturated carbocycles. The number of aliphatic imine (C=N–C) groups is 1. The molecular formula is C22H29IN6. The van der Waals surface area contributed by atoms with Crippen LogP contribution in [0.15, 0.2) is 60.2 Å². The number of benzene rings is 1. The smallest absolute Gasteiger partial charge is 0.194 e. The number of hydrogen-bond donors (Lipinski definition) is 1. The van der Waals surface area contributed by atoms with Crippen LogP contribution in [0.3, 0.4) is 0 Å². The Kier molecular flexibility index (Phi) is 7.46. The van der Waals surface area contributed by atoms with Crippen LogP contribution in [0.5, 0.6) is 0 Å². The fraction of sp³-hybridized carbons (Fsp3) is 0.409. The largest absolute Gasteiger partial charge is 0.357 e. The van der Waals surface area contributed by atoms with E-state index in [0.717, 1.165) is 37.7 Å². The molecule has 3 aromatic rings. The van der Waals surface area contributed by atoms with Crippen LogP contribution in [0.25, 0.3) is 10.8 Å². The highest BCUT2D eigenvalue weighted by molar-refractivity contribution is 14.0. The maximum Gasteiger partial charge on any atom is 0.194 e. The summed E-state index contributed by atoms with van der Waals surface area (Å²) in [6, 6.07) is 10.8. The summed E-state index contributed by atoms with van der Waals surface area (Å²) in [7, 11) is 0. The number of likely N-dealkylation sites (tertiary alicyclic amines) is 1. The van der Waals surface area contributed by atoms with Gasteiger partial charge in [0, 0.05) is 43.6 Å². The van der Waals surface area contributed by atoms with Crippen molar-refractivity contribution in [1.29, 1.82) is 0 Å². The molecule has 0 radical (unpaired) electrons. The van der Waals surface area contributed by atoms with Crippen LogP contribution in [0.4, 0.5) is 0 Å². The minimum atomic E-state index is 0. The first-order valence-electron chi connectivity index (χ1n) is 10.1. The molecule has 4 rings (SSSR count). The Bertz CT molecular complexity index is 934. The molecule has 1 fully saturated rings. The van der Waals surface area contributed by atoms with Gasteiger partial charge < -0.3 is 14.8 Å². The van der Waals surface area contributed by atoms with Gasteiger partial charge >= 0.3 is 0 Å². The third-order valence-corrected chi connectivity index (χ3v) is 5.60. The topological polar surface area (TPSA) is 58.3 Å². The molecule has 1 N–H and O–H groups in total. The van der Waals surface area contributed by atoms with Gasteiger partial charge in [-0.3, -0.25) is 4.98 Å². The van der Waals surface area contributed by atoms with E-state index in [4.69, 9.17) is 4.99 Å². The number of hydrogen-bond acceptors (Lipinski definition) is 3. The molecule has 1 aliphatic heterocycles. The summed E-state index contributed by atoms with van der Waals surface area (Å²) in [4.78, 5) is 16.1. The van der Waals surface area contributed by atoms with E-state index in [2.05, 4.69) is 75.1 Å². The number of imidazole rings is 1. The number of nitrogens with zero attached hydrogens (tertiary/aromatic N) is 5. The van der Waals surface area contributed by atoms with E-state index in [9.17, 15) is 0 Å². The summed E-state index contributed by atoms with van der Waals surface area (Å²) in [6.45, 7) is 7.82.